The first-order valence-electron chi connectivity index (χ1n) is 10.0. The van der Waals surface area contributed by atoms with Gasteiger partial charge in [0.2, 0.25) is 5.91 Å². The van der Waals surface area contributed by atoms with Crippen LogP contribution in [0.1, 0.15) is 16.8 Å². The predicted octanol–water partition coefficient (Wildman–Crippen LogP) is 2.29. The van der Waals surface area contributed by atoms with E-state index in [2.05, 4.69) is 15.2 Å². The number of hydrogen-bond acceptors (Lipinski definition) is 6. The number of carbonyl (C=O) groups is 2. The van der Waals surface area contributed by atoms with E-state index in [1.54, 1.807) is 49.3 Å². The molecule has 2 aromatic rings. The number of thioether (sulfide) groups is 1. The van der Waals surface area contributed by atoms with Gasteiger partial charge in [0.25, 0.3) is 5.91 Å². The third-order valence-electron chi connectivity index (χ3n) is 5.13. The molecule has 0 radical (unpaired) electrons. The molecule has 1 aliphatic heterocycles. The average molecular weight is 429 g/mol. The van der Waals surface area contributed by atoms with Crippen molar-refractivity contribution in [1.82, 2.24) is 15.2 Å². The number of hydrogen-bond donors (Lipinski definition) is 1. The molecule has 7 nitrogen and oxygen atoms in total. The number of benzene rings is 1. The molecule has 2 heterocycles. The molecule has 160 valence electrons. The van der Waals surface area contributed by atoms with Gasteiger partial charge in [0.05, 0.1) is 7.11 Å². The predicted molar refractivity (Wildman–Crippen MR) is 120 cm³/mol. The number of rotatable bonds is 8. The first-order chi connectivity index (χ1) is 14.6. The topological polar surface area (TPSA) is 74.8 Å². The second-order valence-electron chi connectivity index (χ2n) is 7.04. The monoisotopic (exact) mass is 428 g/mol. The minimum atomic E-state index is -0.534. The molecule has 1 aromatic carbocycles. The van der Waals surface area contributed by atoms with Crippen molar-refractivity contribution in [2.24, 2.45) is 0 Å². The quantitative estimate of drug-likeness (QED) is 0.695. The molecule has 2 amide bonds. The van der Waals surface area contributed by atoms with E-state index in [4.69, 9.17) is 4.74 Å². The van der Waals surface area contributed by atoms with E-state index in [9.17, 15) is 9.59 Å². The van der Waals surface area contributed by atoms with E-state index in [1.807, 2.05) is 29.4 Å². The van der Waals surface area contributed by atoms with Crippen molar-refractivity contribution in [2.75, 3.05) is 50.2 Å². The Bertz CT molecular complexity index is 824. The van der Waals surface area contributed by atoms with Crippen LogP contribution in [-0.2, 0) is 4.79 Å². The fraction of sp³-hybridized carbons (Fsp3) is 0.409. The van der Waals surface area contributed by atoms with Gasteiger partial charge in [-0.1, -0.05) is 6.07 Å². The van der Waals surface area contributed by atoms with Crippen LogP contribution in [0.25, 0.3) is 0 Å². The lowest BCUT2D eigenvalue weighted by molar-refractivity contribution is -0.133. The smallest absolute Gasteiger partial charge is 0.251 e. The van der Waals surface area contributed by atoms with Crippen molar-refractivity contribution in [1.29, 1.82) is 0 Å². The summed E-state index contributed by atoms with van der Waals surface area (Å²) >= 11 is 1.66. The van der Waals surface area contributed by atoms with Gasteiger partial charge in [-0.05, 0) is 54.8 Å². The molecule has 1 fully saturated rings. The standard InChI is InChI=1S/C22H28N4O3S/c1-29-18-8-6-17(7-9-18)21(27)24-19(10-16-30-2)22(28)26-14-12-25(13-15-26)20-5-3-4-11-23-20/h3-9,11,19H,10,12-16H2,1-2H3,(H,24,27)/t19-/m1/s1. The highest BCUT2D eigenvalue weighted by Gasteiger charge is 2.29. The number of anilines is 1. The maximum absolute atomic E-state index is 13.2. The van der Waals surface area contributed by atoms with E-state index in [1.165, 1.54) is 0 Å². The highest BCUT2D eigenvalue weighted by atomic mass is 32.2. The molecule has 1 N–H and O–H groups in total. The van der Waals surface area contributed by atoms with E-state index >= 15 is 0 Å². The highest BCUT2D eigenvalue weighted by Crippen LogP contribution is 2.15. The number of amides is 2. The first kappa shape index (κ1) is 22.0. The summed E-state index contributed by atoms with van der Waals surface area (Å²) < 4.78 is 5.14. The van der Waals surface area contributed by atoms with E-state index in [-0.39, 0.29) is 11.8 Å². The van der Waals surface area contributed by atoms with Gasteiger partial charge in [-0.2, -0.15) is 11.8 Å². The molecule has 0 unspecified atom stereocenters. The lowest BCUT2D eigenvalue weighted by Gasteiger charge is -2.37. The van der Waals surface area contributed by atoms with E-state index < -0.39 is 6.04 Å². The van der Waals surface area contributed by atoms with Gasteiger partial charge in [0.1, 0.15) is 17.6 Å². The van der Waals surface area contributed by atoms with Crippen LogP contribution in [0.2, 0.25) is 0 Å². The summed E-state index contributed by atoms with van der Waals surface area (Å²) in [4.78, 5) is 34.3. The Kier molecular flexibility index (Phi) is 7.96. The van der Waals surface area contributed by atoms with Crippen LogP contribution >= 0.6 is 11.8 Å². The van der Waals surface area contributed by atoms with Gasteiger partial charge in [-0.3, -0.25) is 9.59 Å². The van der Waals surface area contributed by atoms with Crippen LogP contribution in [-0.4, -0.2) is 73.0 Å². The zero-order valence-electron chi connectivity index (χ0n) is 17.4. The van der Waals surface area contributed by atoms with E-state index in [0.717, 1.165) is 24.7 Å². The Morgan fingerprint density at radius 2 is 1.87 bits per heavy atom. The summed E-state index contributed by atoms with van der Waals surface area (Å²) in [6.45, 7) is 2.68. The number of carbonyl (C=O) groups excluding carboxylic acids is 2. The molecule has 3 rings (SSSR count). The molecule has 0 saturated carbocycles. The van der Waals surface area contributed by atoms with Crippen molar-refractivity contribution in [2.45, 2.75) is 12.5 Å². The summed E-state index contributed by atoms with van der Waals surface area (Å²) in [5.41, 5.74) is 0.512. The van der Waals surface area contributed by atoms with Crippen molar-refractivity contribution < 1.29 is 14.3 Å². The van der Waals surface area contributed by atoms with Crippen LogP contribution in [0.15, 0.2) is 48.7 Å². The SMILES string of the molecule is COc1ccc(C(=O)N[C@H](CCSC)C(=O)N2CCN(c3ccccn3)CC2)cc1. The maximum atomic E-state index is 13.2. The number of piperazine rings is 1. The fourth-order valence-corrected chi connectivity index (χ4v) is 3.87. The van der Waals surface area contributed by atoms with Gasteiger partial charge in [0.15, 0.2) is 0 Å². The number of pyridine rings is 1. The lowest BCUT2D eigenvalue weighted by Crippen LogP contribution is -2.55. The zero-order valence-corrected chi connectivity index (χ0v) is 18.2. The number of methoxy groups -OCH3 is 1. The number of ether oxygens (including phenoxy) is 1. The Hall–Kier alpha value is -2.74. The number of aromatic nitrogens is 1. The summed E-state index contributed by atoms with van der Waals surface area (Å²) in [7, 11) is 1.58. The Morgan fingerprint density at radius 1 is 1.13 bits per heavy atom. The summed E-state index contributed by atoms with van der Waals surface area (Å²) in [5.74, 6) is 2.15. The Morgan fingerprint density at radius 3 is 2.47 bits per heavy atom. The zero-order chi connectivity index (χ0) is 21.3. The minimum absolute atomic E-state index is 0.0217. The molecule has 1 saturated heterocycles. The molecular formula is C22H28N4O3S. The third kappa shape index (κ3) is 5.66. The highest BCUT2D eigenvalue weighted by molar-refractivity contribution is 7.98. The van der Waals surface area contributed by atoms with Gasteiger partial charge in [-0.25, -0.2) is 4.98 Å². The van der Waals surface area contributed by atoms with Crippen LogP contribution in [0, 0.1) is 0 Å². The molecule has 0 aliphatic carbocycles. The van der Waals surface area contributed by atoms with E-state index in [0.29, 0.717) is 30.8 Å². The minimum Gasteiger partial charge on any atom is -0.497 e. The average Bonchev–Trinajstić information content (AvgIpc) is 2.82. The van der Waals surface area contributed by atoms with Crippen molar-refractivity contribution in [3.8, 4) is 5.75 Å². The lowest BCUT2D eigenvalue weighted by atomic mass is 10.1. The molecule has 30 heavy (non-hydrogen) atoms. The van der Waals surface area contributed by atoms with Gasteiger partial charge in [-0.15, -0.1) is 0 Å². The largest absolute Gasteiger partial charge is 0.497 e. The summed E-state index contributed by atoms with van der Waals surface area (Å²) in [5, 5.41) is 2.94. The summed E-state index contributed by atoms with van der Waals surface area (Å²) in [6, 6.07) is 12.2. The number of nitrogens with one attached hydrogen (secondary N) is 1. The Balaban J connectivity index is 1.61. The normalized spacial score (nSPS) is 14.9. The molecule has 1 aromatic heterocycles. The van der Waals surface area contributed by atoms with Crippen LogP contribution < -0.4 is 15.0 Å². The molecule has 1 aliphatic rings. The number of nitrogens with zero attached hydrogens (tertiary/aromatic N) is 3. The second-order valence-corrected chi connectivity index (χ2v) is 8.02. The van der Waals surface area contributed by atoms with Crippen molar-refractivity contribution in [3.63, 3.8) is 0 Å². The first-order valence-corrected chi connectivity index (χ1v) is 11.4. The van der Waals surface area contributed by atoms with Gasteiger partial charge >= 0.3 is 0 Å². The fourth-order valence-electron chi connectivity index (χ4n) is 3.39. The Labute approximate surface area is 181 Å². The third-order valence-corrected chi connectivity index (χ3v) is 5.77. The van der Waals surface area contributed by atoms with Crippen LogP contribution in [0.3, 0.4) is 0 Å². The van der Waals surface area contributed by atoms with Crippen LogP contribution in [0.4, 0.5) is 5.82 Å². The molecule has 0 bridgehead atoms. The molecule has 1 atom stereocenters. The molecule has 8 heteroatoms. The maximum Gasteiger partial charge on any atom is 0.251 e. The summed E-state index contributed by atoms with van der Waals surface area (Å²) in [6.07, 6.45) is 4.38. The van der Waals surface area contributed by atoms with Gasteiger partial charge < -0.3 is 19.9 Å². The molecular weight excluding hydrogens is 400 g/mol. The second kappa shape index (κ2) is 10.9. The van der Waals surface area contributed by atoms with Crippen molar-refractivity contribution in [3.05, 3.63) is 54.2 Å². The van der Waals surface area contributed by atoms with Crippen molar-refractivity contribution >= 4 is 29.4 Å². The molecule has 0 spiro atoms. The van der Waals surface area contributed by atoms with Gasteiger partial charge in [0, 0.05) is 37.9 Å². The van der Waals surface area contributed by atoms with Crippen LogP contribution in [0.5, 0.6) is 5.75 Å².